The van der Waals surface area contributed by atoms with Gasteiger partial charge in [0.25, 0.3) is 0 Å². The summed E-state index contributed by atoms with van der Waals surface area (Å²) in [5, 5.41) is 12.4. The van der Waals surface area contributed by atoms with Gasteiger partial charge in [0, 0.05) is 9.64 Å². The number of thiophene rings is 1. The zero-order chi connectivity index (χ0) is 10.1. The molecule has 0 aromatic carbocycles. The average Bonchev–Trinajstić information content (AvgIpc) is 2.31. The zero-order valence-corrected chi connectivity index (χ0v) is 9.42. The highest BCUT2D eigenvalue weighted by Gasteiger charge is 2.15. The molecule has 0 bridgehead atoms. The molecule has 1 rings (SSSR count). The van der Waals surface area contributed by atoms with Crippen molar-refractivity contribution in [3.8, 4) is 0 Å². The van der Waals surface area contributed by atoms with Gasteiger partial charge < -0.3 is 9.90 Å². The zero-order valence-electron chi connectivity index (χ0n) is 7.79. The van der Waals surface area contributed by atoms with E-state index in [2.05, 4.69) is 0 Å². The lowest BCUT2D eigenvalue weighted by Crippen LogP contribution is -2.22. The Kier molecular flexibility index (Phi) is 3.03. The Hall–Kier alpha value is -0.480. The summed E-state index contributed by atoms with van der Waals surface area (Å²) in [6.45, 7) is 6.15. The first-order valence-electron chi connectivity index (χ1n) is 3.88. The van der Waals surface area contributed by atoms with Crippen LogP contribution in [0.15, 0.2) is 16.3 Å². The maximum absolute atomic E-state index is 10.7. The quantitative estimate of drug-likeness (QED) is 0.708. The number of hydrogen-bond acceptors (Lipinski definition) is 4. The van der Waals surface area contributed by atoms with Crippen molar-refractivity contribution in [3.63, 3.8) is 0 Å². The molecular weight excluding hydrogens is 204 g/mol. The Bertz CT molecular complexity index is 310. The minimum atomic E-state index is -1.08. The van der Waals surface area contributed by atoms with Crippen molar-refractivity contribution in [2.24, 2.45) is 0 Å². The predicted molar refractivity (Wildman–Crippen MR) is 54.3 cm³/mol. The molecule has 1 aromatic rings. The van der Waals surface area contributed by atoms with E-state index in [-0.39, 0.29) is 4.75 Å². The van der Waals surface area contributed by atoms with Crippen LogP contribution in [-0.4, -0.2) is 10.7 Å². The fraction of sp³-hybridized carbons (Fsp3) is 0.444. The van der Waals surface area contributed by atoms with E-state index in [0.717, 1.165) is 4.90 Å². The number of carbonyl (C=O) groups is 1. The van der Waals surface area contributed by atoms with Gasteiger partial charge >= 0.3 is 0 Å². The van der Waals surface area contributed by atoms with Gasteiger partial charge in [0.15, 0.2) is 0 Å². The summed E-state index contributed by atoms with van der Waals surface area (Å²) in [6, 6.07) is 1.83. The van der Waals surface area contributed by atoms with Gasteiger partial charge in [-0.1, -0.05) is 20.8 Å². The molecule has 13 heavy (non-hydrogen) atoms. The molecular formula is C9H11O2S2-. The van der Waals surface area contributed by atoms with Crippen molar-refractivity contribution < 1.29 is 9.90 Å². The van der Waals surface area contributed by atoms with Gasteiger partial charge in [-0.15, -0.1) is 23.1 Å². The van der Waals surface area contributed by atoms with Crippen LogP contribution in [0.2, 0.25) is 0 Å². The summed E-state index contributed by atoms with van der Waals surface area (Å²) in [5.74, 6) is -1.08. The minimum Gasteiger partial charge on any atom is -0.544 e. The van der Waals surface area contributed by atoms with E-state index in [0.29, 0.717) is 4.88 Å². The van der Waals surface area contributed by atoms with Crippen molar-refractivity contribution >= 4 is 29.1 Å². The molecule has 0 atom stereocenters. The molecule has 0 spiro atoms. The molecule has 2 nitrogen and oxygen atoms in total. The van der Waals surface area contributed by atoms with Gasteiger partial charge in [0.2, 0.25) is 0 Å². The first-order valence-corrected chi connectivity index (χ1v) is 5.57. The summed E-state index contributed by atoms with van der Waals surface area (Å²) in [4.78, 5) is 11.8. The van der Waals surface area contributed by atoms with Gasteiger partial charge in [0.1, 0.15) is 0 Å². The number of hydrogen-bond donors (Lipinski definition) is 0. The second kappa shape index (κ2) is 3.72. The minimum absolute atomic E-state index is 0.0330. The van der Waals surface area contributed by atoms with Crippen LogP contribution in [0, 0.1) is 0 Å². The van der Waals surface area contributed by atoms with Crippen LogP contribution in [0.25, 0.3) is 0 Å². The number of thioether (sulfide) groups is 1. The second-order valence-corrected chi connectivity index (χ2v) is 6.40. The van der Waals surface area contributed by atoms with Crippen LogP contribution in [-0.2, 0) is 0 Å². The Balaban J connectivity index is 2.89. The van der Waals surface area contributed by atoms with Crippen LogP contribution in [0.4, 0.5) is 0 Å². The summed E-state index contributed by atoms with van der Waals surface area (Å²) < 4.78 is 0.0330. The van der Waals surface area contributed by atoms with Crippen LogP contribution in [0.5, 0.6) is 0 Å². The van der Waals surface area contributed by atoms with E-state index < -0.39 is 5.97 Å². The average molecular weight is 215 g/mol. The lowest BCUT2D eigenvalue weighted by atomic mass is 10.3. The molecule has 0 radical (unpaired) electrons. The maximum atomic E-state index is 10.7. The molecule has 1 heterocycles. The molecule has 0 aliphatic heterocycles. The Morgan fingerprint density at radius 3 is 2.62 bits per heavy atom. The van der Waals surface area contributed by atoms with Gasteiger partial charge in [0.05, 0.1) is 10.8 Å². The smallest absolute Gasteiger partial charge is 0.0826 e. The first kappa shape index (κ1) is 10.6. The first-order chi connectivity index (χ1) is 5.90. The Morgan fingerprint density at radius 1 is 1.54 bits per heavy atom. The number of rotatable bonds is 2. The highest BCUT2D eigenvalue weighted by Crippen LogP contribution is 2.36. The van der Waals surface area contributed by atoms with Crippen molar-refractivity contribution in [2.75, 3.05) is 0 Å². The number of carboxylic acids is 1. The molecule has 0 saturated heterocycles. The SMILES string of the molecule is CC(C)(C)Sc1ccsc1C(=O)[O-]. The molecule has 4 heteroatoms. The third kappa shape index (κ3) is 3.04. The van der Waals surface area contributed by atoms with Gasteiger partial charge in [-0.25, -0.2) is 0 Å². The van der Waals surface area contributed by atoms with Crippen LogP contribution < -0.4 is 5.11 Å². The molecule has 0 aliphatic carbocycles. The maximum Gasteiger partial charge on any atom is 0.0826 e. The van der Waals surface area contributed by atoms with Crippen molar-refractivity contribution in [1.82, 2.24) is 0 Å². The topological polar surface area (TPSA) is 40.1 Å². The number of aromatic carboxylic acids is 1. The van der Waals surface area contributed by atoms with E-state index in [1.807, 2.05) is 26.8 Å². The van der Waals surface area contributed by atoms with Gasteiger partial charge in [-0.2, -0.15) is 0 Å². The summed E-state index contributed by atoms with van der Waals surface area (Å²) in [7, 11) is 0. The van der Waals surface area contributed by atoms with Gasteiger partial charge in [-0.05, 0) is 11.4 Å². The molecule has 0 aliphatic rings. The number of carbonyl (C=O) groups excluding carboxylic acids is 1. The van der Waals surface area contributed by atoms with E-state index in [9.17, 15) is 9.90 Å². The van der Waals surface area contributed by atoms with Crippen molar-refractivity contribution in [2.45, 2.75) is 30.4 Å². The molecule has 0 saturated carbocycles. The summed E-state index contributed by atoms with van der Waals surface area (Å²) in [6.07, 6.45) is 0. The van der Waals surface area contributed by atoms with E-state index >= 15 is 0 Å². The molecule has 0 N–H and O–H groups in total. The fourth-order valence-corrected chi connectivity index (χ4v) is 2.80. The van der Waals surface area contributed by atoms with Gasteiger partial charge in [-0.3, -0.25) is 0 Å². The van der Waals surface area contributed by atoms with E-state index in [4.69, 9.17) is 0 Å². The number of carboxylic acid groups (broad SMARTS) is 1. The van der Waals surface area contributed by atoms with Crippen LogP contribution >= 0.6 is 23.1 Å². The lowest BCUT2D eigenvalue weighted by Gasteiger charge is -2.17. The fourth-order valence-electron chi connectivity index (χ4n) is 0.857. The standard InChI is InChI=1S/C9H12O2S2/c1-9(2,3)13-6-4-5-12-7(6)8(10)11/h4-5H,1-3H3,(H,10,11)/p-1. The second-order valence-electron chi connectivity index (χ2n) is 3.62. The molecule has 0 fully saturated rings. The van der Waals surface area contributed by atoms with E-state index in [1.54, 1.807) is 17.1 Å². The molecule has 0 amide bonds. The van der Waals surface area contributed by atoms with Crippen molar-refractivity contribution in [3.05, 3.63) is 16.3 Å². The molecule has 72 valence electrons. The highest BCUT2D eigenvalue weighted by atomic mass is 32.2. The highest BCUT2D eigenvalue weighted by molar-refractivity contribution is 8.00. The third-order valence-corrected chi connectivity index (χ3v) is 3.43. The monoisotopic (exact) mass is 215 g/mol. The predicted octanol–water partition coefficient (Wildman–Crippen LogP) is 2.00. The van der Waals surface area contributed by atoms with E-state index in [1.165, 1.54) is 11.3 Å². The Labute approximate surface area is 86.0 Å². The lowest BCUT2D eigenvalue weighted by molar-refractivity contribution is -0.254. The third-order valence-electron chi connectivity index (χ3n) is 1.23. The largest absolute Gasteiger partial charge is 0.544 e. The van der Waals surface area contributed by atoms with Crippen LogP contribution in [0.1, 0.15) is 30.4 Å². The molecule has 0 unspecified atom stereocenters. The molecule has 1 aromatic heterocycles. The Morgan fingerprint density at radius 2 is 2.15 bits per heavy atom. The van der Waals surface area contributed by atoms with Crippen LogP contribution in [0.3, 0.4) is 0 Å². The summed E-state index contributed by atoms with van der Waals surface area (Å²) >= 11 is 2.77. The normalized spacial score (nSPS) is 11.6. The van der Waals surface area contributed by atoms with Crippen molar-refractivity contribution in [1.29, 1.82) is 0 Å². The summed E-state index contributed by atoms with van der Waals surface area (Å²) in [5.41, 5.74) is 0.